The van der Waals surface area contributed by atoms with Gasteiger partial charge in [-0.2, -0.15) is 0 Å². The molecule has 1 fully saturated rings. The first-order valence-electron chi connectivity index (χ1n) is 7.42. The number of nitrogens with two attached hydrogens (primary N) is 1. The Morgan fingerprint density at radius 1 is 1.36 bits per heavy atom. The van der Waals surface area contributed by atoms with Crippen LogP contribution in [0.3, 0.4) is 0 Å². The number of amides is 1. The zero-order chi connectivity index (χ0) is 15.9. The number of aromatic nitrogens is 2. The van der Waals surface area contributed by atoms with Crippen molar-refractivity contribution in [2.45, 2.75) is 45.1 Å². The van der Waals surface area contributed by atoms with Crippen LogP contribution in [0.15, 0.2) is 0 Å². The lowest BCUT2D eigenvalue weighted by Gasteiger charge is -2.27. The fraction of sp³-hybridized carbons (Fsp3) is 0.533. The van der Waals surface area contributed by atoms with Gasteiger partial charge >= 0.3 is 0 Å². The Labute approximate surface area is 132 Å². The Morgan fingerprint density at radius 2 is 2.05 bits per heavy atom. The Bertz CT molecular complexity index is 735. The number of nitrogens with zero attached hydrogens (tertiary/aromatic N) is 2. The van der Waals surface area contributed by atoms with Crippen molar-refractivity contribution in [2.75, 3.05) is 12.3 Å². The minimum Gasteiger partial charge on any atom is -0.394 e. The van der Waals surface area contributed by atoms with E-state index in [1.807, 2.05) is 6.92 Å². The highest BCUT2D eigenvalue weighted by Gasteiger charge is 2.35. The highest BCUT2D eigenvalue weighted by molar-refractivity contribution is 7.20. The summed E-state index contributed by atoms with van der Waals surface area (Å²) in [4.78, 5) is 22.5. The zero-order valence-electron chi connectivity index (χ0n) is 12.8. The van der Waals surface area contributed by atoms with Crippen molar-refractivity contribution < 1.29 is 9.90 Å². The topological polar surface area (TPSA) is 101 Å². The molecule has 6 nitrogen and oxygen atoms in total. The molecule has 2 heterocycles. The van der Waals surface area contributed by atoms with Crippen LogP contribution in [-0.2, 0) is 0 Å². The Morgan fingerprint density at radius 3 is 2.68 bits per heavy atom. The van der Waals surface area contributed by atoms with E-state index in [9.17, 15) is 9.90 Å². The molecule has 1 aliphatic rings. The number of carbonyl (C=O) groups is 1. The second-order valence-corrected chi connectivity index (χ2v) is 6.99. The third kappa shape index (κ3) is 2.44. The maximum absolute atomic E-state index is 12.7. The van der Waals surface area contributed by atoms with E-state index in [0.29, 0.717) is 16.5 Å². The van der Waals surface area contributed by atoms with E-state index in [-0.39, 0.29) is 12.5 Å². The number of aliphatic hydroxyl groups is 1. The molecule has 1 saturated carbocycles. The SMILES string of the molecule is Cc1nc(N)c2c(C)c(C(=O)NC3(CO)CCCC3)sc2n1. The molecule has 0 unspecified atom stereocenters. The van der Waals surface area contributed by atoms with E-state index in [1.165, 1.54) is 11.3 Å². The number of aliphatic hydroxyl groups excluding tert-OH is 1. The molecule has 0 aliphatic heterocycles. The van der Waals surface area contributed by atoms with Crippen molar-refractivity contribution in [1.29, 1.82) is 0 Å². The Hall–Kier alpha value is -1.73. The van der Waals surface area contributed by atoms with Crippen LogP contribution in [0, 0.1) is 13.8 Å². The van der Waals surface area contributed by atoms with Gasteiger partial charge in [-0.15, -0.1) is 11.3 Å². The van der Waals surface area contributed by atoms with Crippen LogP contribution in [0.2, 0.25) is 0 Å². The lowest BCUT2D eigenvalue weighted by Crippen LogP contribution is -2.49. The summed E-state index contributed by atoms with van der Waals surface area (Å²) in [5, 5.41) is 13.4. The van der Waals surface area contributed by atoms with Crippen molar-refractivity contribution in [2.24, 2.45) is 0 Å². The van der Waals surface area contributed by atoms with Gasteiger partial charge in [0.25, 0.3) is 5.91 Å². The normalized spacial score (nSPS) is 17.0. The quantitative estimate of drug-likeness (QED) is 0.802. The zero-order valence-corrected chi connectivity index (χ0v) is 13.6. The maximum atomic E-state index is 12.7. The number of carbonyl (C=O) groups excluding carboxylic acids is 1. The Balaban J connectivity index is 1.98. The van der Waals surface area contributed by atoms with Gasteiger partial charge in [0.15, 0.2) is 0 Å². The molecule has 0 radical (unpaired) electrons. The maximum Gasteiger partial charge on any atom is 0.262 e. The highest BCUT2D eigenvalue weighted by atomic mass is 32.1. The molecular weight excluding hydrogens is 300 g/mol. The summed E-state index contributed by atoms with van der Waals surface area (Å²) in [6, 6.07) is 0. The van der Waals surface area contributed by atoms with Crippen LogP contribution in [0.25, 0.3) is 10.2 Å². The lowest BCUT2D eigenvalue weighted by atomic mass is 9.98. The molecule has 0 spiro atoms. The second kappa shape index (κ2) is 5.48. The minimum absolute atomic E-state index is 0.0241. The smallest absolute Gasteiger partial charge is 0.262 e. The lowest BCUT2D eigenvalue weighted by molar-refractivity contribution is 0.0842. The molecule has 2 aromatic rings. The van der Waals surface area contributed by atoms with E-state index < -0.39 is 5.54 Å². The number of hydrogen-bond donors (Lipinski definition) is 3. The molecular formula is C15H20N4O2S. The molecule has 1 amide bonds. The summed E-state index contributed by atoms with van der Waals surface area (Å²) in [5.74, 6) is 0.849. The van der Waals surface area contributed by atoms with Gasteiger partial charge in [0, 0.05) is 0 Å². The van der Waals surface area contributed by atoms with Crippen molar-refractivity contribution >= 4 is 33.3 Å². The summed E-state index contributed by atoms with van der Waals surface area (Å²) in [6.07, 6.45) is 3.70. The van der Waals surface area contributed by atoms with Crippen LogP contribution in [0.4, 0.5) is 5.82 Å². The first-order chi connectivity index (χ1) is 10.5. The van der Waals surface area contributed by atoms with Gasteiger partial charge < -0.3 is 16.2 Å². The van der Waals surface area contributed by atoms with Gasteiger partial charge in [0.2, 0.25) is 0 Å². The Kier molecular flexibility index (Phi) is 3.78. The predicted molar refractivity (Wildman–Crippen MR) is 87.1 cm³/mol. The fourth-order valence-corrected chi connectivity index (χ4v) is 4.30. The van der Waals surface area contributed by atoms with E-state index in [4.69, 9.17) is 5.73 Å². The monoisotopic (exact) mass is 320 g/mol. The summed E-state index contributed by atoms with van der Waals surface area (Å²) < 4.78 is 0. The molecule has 118 valence electrons. The van der Waals surface area contributed by atoms with Crippen molar-refractivity contribution in [3.8, 4) is 0 Å². The molecule has 0 atom stereocenters. The average molecular weight is 320 g/mol. The van der Waals surface area contributed by atoms with Crippen LogP contribution in [-0.4, -0.2) is 33.1 Å². The molecule has 0 saturated heterocycles. The van der Waals surface area contributed by atoms with Crippen LogP contribution < -0.4 is 11.1 Å². The third-order valence-corrected chi connectivity index (χ3v) is 5.56. The van der Waals surface area contributed by atoms with Crippen molar-refractivity contribution in [3.05, 3.63) is 16.3 Å². The fourth-order valence-electron chi connectivity index (χ4n) is 3.17. The second-order valence-electron chi connectivity index (χ2n) is 5.99. The third-order valence-electron chi connectivity index (χ3n) is 4.38. The number of hydrogen-bond acceptors (Lipinski definition) is 6. The molecule has 3 rings (SSSR count). The van der Waals surface area contributed by atoms with E-state index in [1.54, 1.807) is 6.92 Å². The molecule has 7 heteroatoms. The van der Waals surface area contributed by atoms with Crippen molar-refractivity contribution in [1.82, 2.24) is 15.3 Å². The molecule has 0 aromatic carbocycles. The van der Waals surface area contributed by atoms with Gasteiger partial charge in [-0.3, -0.25) is 4.79 Å². The van der Waals surface area contributed by atoms with Gasteiger partial charge in [0.1, 0.15) is 16.5 Å². The van der Waals surface area contributed by atoms with Crippen LogP contribution in [0.1, 0.15) is 46.7 Å². The van der Waals surface area contributed by atoms with E-state index in [2.05, 4.69) is 15.3 Å². The molecule has 22 heavy (non-hydrogen) atoms. The number of rotatable bonds is 3. The van der Waals surface area contributed by atoms with E-state index in [0.717, 1.165) is 41.5 Å². The highest BCUT2D eigenvalue weighted by Crippen LogP contribution is 2.34. The molecule has 4 N–H and O–H groups in total. The number of aryl methyl sites for hydroxylation is 2. The summed E-state index contributed by atoms with van der Waals surface area (Å²) in [7, 11) is 0. The number of nitrogens with one attached hydrogen (secondary N) is 1. The number of nitrogen functional groups attached to an aromatic ring is 1. The molecule has 2 aromatic heterocycles. The average Bonchev–Trinajstić information content (AvgIpc) is 3.04. The number of thiophene rings is 1. The van der Waals surface area contributed by atoms with Gasteiger partial charge in [-0.25, -0.2) is 9.97 Å². The summed E-state index contributed by atoms with van der Waals surface area (Å²) in [6.45, 7) is 3.62. The van der Waals surface area contributed by atoms with E-state index >= 15 is 0 Å². The predicted octanol–water partition coefficient (Wildman–Crippen LogP) is 1.93. The number of anilines is 1. The summed E-state index contributed by atoms with van der Waals surface area (Å²) >= 11 is 1.33. The molecule has 0 bridgehead atoms. The number of fused-ring (bicyclic) bond motifs is 1. The summed E-state index contributed by atoms with van der Waals surface area (Å²) in [5.41, 5.74) is 6.30. The van der Waals surface area contributed by atoms with Gasteiger partial charge in [-0.1, -0.05) is 12.8 Å². The minimum atomic E-state index is -0.479. The van der Waals surface area contributed by atoms with Gasteiger partial charge in [-0.05, 0) is 32.3 Å². The first-order valence-corrected chi connectivity index (χ1v) is 8.24. The van der Waals surface area contributed by atoms with Crippen LogP contribution >= 0.6 is 11.3 Å². The first kappa shape index (κ1) is 15.2. The standard InChI is InChI=1S/C15H20N4O2S/c1-8-10-12(16)17-9(2)18-14(10)22-11(8)13(21)19-15(7-20)5-3-4-6-15/h20H,3-7H2,1-2H3,(H,19,21)(H2,16,17,18). The van der Waals surface area contributed by atoms with Crippen molar-refractivity contribution in [3.63, 3.8) is 0 Å². The molecule has 1 aliphatic carbocycles. The largest absolute Gasteiger partial charge is 0.394 e. The van der Waals surface area contributed by atoms with Gasteiger partial charge in [0.05, 0.1) is 22.4 Å². The van der Waals surface area contributed by atoms with Crippen LogP contribution in [0.5, 0.6) is 0 Å².